The Morgan fingerprint density at radius 1 is 1.09 bits per heavy atom. The molecule has 2 aliphatic rings. The molecule has 2 unspecified atom stereocenters. The molecule has 0 amide bonds. The third kappa shape index (κ3) is 0.916. The minimum Gasteiger partial charge on any atom is -0.381 e. The highest BCUT2D eigenvalue weighted by atomic mass is 16.5. The molecular weight excluding hydrogens is 140 g/mol. The van der Waals surface area contributed by atoms with Gasteiger partial charge in [-0.3, -0.25) is 0 Å². The molecule has 1 saturated carbocycles. The smallest absolute Gasteiger partial charge is 0.0472 e. The largest absolute Gasteiger partial charge is 0.381 e. The monoisotopic (exact) mass is 156 g/mol. The quantitative estimate of drug-likeness (QED) is 0.512. The molecule has 2 fully saturated rings. The molecule has 0 radical (unpaired) electrons. The van der Waals surface area contributed by atoms with E-state index in [-0.39, 0.29) is 5.41 Å². The number of hydrogen-bond donors (Lipinski definition) is 2. The molecule has 3 nitrogen and oxygen atoms in total. The number of nitrogens with two attached hydrogens (primary N) is 2. The lowest BCUT2D eigenvalue weighted by Gasteiger charge is -2.55. The first kappa shape index (κ1) is 7.53. The topological polar surface area (TPSA) is 61.3 Å². The molecular formula is C8H16N2O. The molecule has 0 aromatic heterocycles. The zero-order chi connectivity index (χ0) is 7.90. The van der Waals surface area contributed by atoms with Crippen molar-refractivity contribution < 1.29 is 4.74 Å². The van der Waals surface area contributed by atoms with Crippen LogP contribution < -0.4 is 11.5 Å². The van der Waals surface area contributed by atoms with Crippen LogP contribution in [0.1, 0.15) is 19.3 Å². The van der Waals surface area contributed by atoms with Gasteiger partial charge < -0.3 is 16.2 Å². The molecule has 0 aromatic rings. The molecule has 3 heteroatoms. The van der Waals surface area contributed by atoms with E-state index < -0.39 is 0 Å². The second kappa shape index (κ2) is 2.44. The highest BCUT2D eigenvalue weighted by Crippen LogP contribution is 2.46. The van der Waals surface area contributed by atoms with Crippen LogP contribution >= 0.6 is 0 Å². The Balaban J connectivity index is 2.06. The van der Waals surface area contributed by atoms with E-state index in [4.69, 9.17) is 16.2 Å². The lowest BCUT2D eigenvalue weighted by Crippen LogP contribution is -2.66. The molecule has 0 aromatic carbocycles. The summed E-state index contributed by atoms with van der Waals surface area (Å²) in [6.07, 6.45) is 3.13. The summed E-state index contributed by atoms with van der Waals surface area (Å²) in [5.74, 6) is 0. The van der Waals surface area contributed by atoms with Gasteiger partial charge in [0.25, 0.3) is 0 Å². The first-order valence-electron chi connectivity index (χ1n) is 4.34. The lowest BCUT2D eigenvalue weighted by molar-refractivity contribution is -0.0594. The summed E-state index contributed by atoms with van der Waals surface area (Å²) in [5.41, 5.74) is 12.1. The van der Waals surface area contributed by atoms with Gasteiger partial charge in [0, 0.05) is 30.7 Å². The summed E-state index contributed by atoms with van der Waals surface area (Å²) >= 11 is 0. The maximum Gasteiger partial charge on any atom is 0.0472 e. The fourth-order valence-corrected chi connectivity index (χ4v) is 2.35. The Labute approximate surface area is 67.1 Å². The second-order valence-electron chi connectivity index (χ2n) is 3.79. The van der Waals surface area contributed by atoms with Crippen LogP contribution in [0.25, 0.3) is 0 Å². The van der Waals surface area contributed by atoms with Gasteiger partial charge in [0.05, 0.1) is 0 Å². The fourth-order valence-electron chi connectivity index (χ4n) is 2.35. The van der Waals surface area contributed by atoms with E-state index in [0.717, 1.165) is 32.5 Å². The van der Waals surface area contributed by atoms with Crippen molar-refractivity contribution in [2.45, 2.75) is 31.3 Å². The van der Waals surface area contributed by atoms with Crippen LogP contribution in [0.5, 0.6) is 0 Å². The van der Waals surface area contributed by atoms with Crippen molar-refractivity contribution in [1.82, 2.24) is 0 Å². The zero-order valence-electron chi connectivity index (χ0n) is 6.75. The Morgan fingerprint density at radius 3 is 2.00 bits per heavy atom. The normalized spacial score (nSPS) is 42.0. The predicted octanol–water partition coefficient (Wildman–Crippen LogP) is -0.159. The van der Waals surface area contributed by atoms with Gasteiger partial charge in [-0.05, 0) is 19.3 Å². The lowest BCUT2D eigenvalue weighted by atomic mass is 9.57. The van der Waals surface area contributed by atoms with Crippen LogP contribution in [0.4, 0.5) is 0 Å². The van der Waals surface area contributed by atoms with Gasteiger partial charge in [0.15, 0.2) is 0 Å². The Bertz CT molecular complexity index is 144. The standard InChI is InChI=1S/C8H16N2O/c9-6-5-7(10)8(6)1-3-11-4-2-8/h6-7H,1-5,9-10H2. The fraction of sp³-hybridized carbons (Fsp3) is 1.00. The summed E-state index contributed by atoms with van der Waals surface area (Å²) < 4.78 is 5.29. The van der Waals surface area contributed by atoms with Crippen molar-refractivity contribution in [2.24, 2.45) is 16.9 Å². The molecule has 1 aliphatic carbocycles. The summed E-state index contributed by atoms with van der Waals surface area (Å²) in [7, 11) is 0. The van der Waals surface area contributed by atoms with E-state index in [9.17, 15) is 0 Å². The van der Waals surface area contributed by atoms with Crippen molar-refractivity contribution in [3.05, 3.63) is 0 Å². The van der Waals surface area contributed by atoms with Crippen LogP contribution in [0.15, 0.2) is 0 Å². The van der Waals surface area contributed by atoms with E-state index in [0.29, 0.717) is 12.1 Å². The molecule has 1 aliphatic heterocycles. The van der Waals surface area contributed by atoms with Gasteiger partial charge in [-0.2, -0.15) is 0 Å². The van der Waals surface area contributed by atoms with E-state index >= 15 is 0 Å². The molecule has 1 saturated heterocycles. The molecule has 1 spiro atoms. The third-order valence-electron chi connectivity index (χ3n) is 3.41. The highest BCUT2D eigenvalue weighted by Gasteiger charge is 2.51. The first-order chi connectivity index (χ1) is 5.26. The van der Waals surface area contributed by atoms with Crippen molar-refractivity contribution in [3.8, 4) is 0 Å². The summed E-state index contributed by atoms with van der Waals surface area (Å²) in [4.78, 5) is 0. The van der Waals surface area contributed by atoms with Crippen LogP contribution in [0, 0.1) is 5.41 Å². The zero-order valence-corrected chi connectivity index (χ0v) is 6.75. The molecule has 2 rings (SSSR count). The minimum absolute atomic E-state index is 0.248. The average molecular weight is 156 g/mol. The number of rotatable bonds is 0. The third-order valence-corrected chi connectivity index (χ3v) is 3.41. The van der Waals surface area contributed by atoms with Crippen molar-refractivity contribution in [2.75, 3.05) is 13.2 Å². The summed E-state index contributed by atoms with van der Waals surface area (Å²) in [5, 5.41) is 0. The van der Waals surface area contributed by atoms with Gasteiger partial charge in [-0.1, -0.05) is 0 Å². The maximum absolute atomic E-state index is 5.94. The van der Waals surface area contributed by atoms with Crippen molar-refractivity contribution in [3.63, 3.8) is 0 Å². The van der Waals surface area contributed by atoms with Crippen molar-refractivity contribution in [1.29, 1.82) is 0 Å². The molecule has 64 valence electrons. The van der Waals surface area contributed by atoms with Crippen LogP contribution in [-0.2, 0) is 4.74 Å². The second-order valence-corrected chi connectivity index (χ2v) is 3.79. The number of hydrogen-bond acceptors (Lipinski definition) is 3. The molecule has 0 bridgehead atoms. The van der Waals surface area contributed by atoms with Crippen LogP contribution in [0.2, 0.25) is 0 Å². The van der Waals surface area contributed by atoms with Gasteiger partial charge in [-0.15, -0.1) is 0 Å². The van der Waals surface area contributed by atoms with E-state index in [1.807, 2.05) is 0 Å². The predicted molar refractivity (Wildman–Crippen MR) is 43.1 cm³/mol. The minimum atomic E-state index is 0.248. The molecule has 11 heavy (non-hydrogen) atoms. The highest BCUT2D eigenvalue weighted by molar-refractivity contribution is 5.08. The van der Waals surface area contributed by atoms with E-state index in [1.165, 1.54) is 0 Å². The van der Waals surface area contributed by atoms with Crippen molar-refractivity contribution >= 4 is 0 Å². The average Bonchev–Trinajstić information content (AvgIpc) is 2.07. The van der Waals surface area contributed by atoms with Gasteiger partial charge in [0.2, 0.25) is 0 Å². The van der Waals surface area contributed by atoms with Gasteiger partial charge in [0.1, 0.15) is 0 Å². The molecule has 1 heterocycles. The summed E-state index contributed by atoms with van der Waals surface area (Å²) in [6, 6.07) is 0.669. The molecule has 4 N–H and O–H groups in total. The maximum atomic E-state index is 5.94. The van der Waals surface area contributed by atoms with E-state index in [1.54, 1.807) is 0 Å². The van der Waals surface area contributed by atoms with Gasteiger partial charge in [-0.25, -0.2) is 0 Å². The number of ether oxygens (including phenoxy) is 1. The van der Waals surface area contributed by atoms with Gasteiger partial charge >= 0.3 is 0 Å². The van der Waals surface area contributed by atoms with Crippen LogP contribution in [0.3, 0.4) is 0 Å². The SMILES string of the molecule is NC1CC(N)C12CCOCC2. The summed E-state index contributed by atoms with van der Waals surface area (Å²) in [6.45, 7) is 1.70. The van der Waals surface area contributed by atoms with Crippen LogP contribution in [-0.4, -0.2) is 25.3 Å². The Kier molecular flexibility index (Phi) is 1.67. The Hall–Kier alpha value is -0.120. The van der Waals surface area contributed by atoms with E-state index in [2.05, 4.69) is 0 Å². The Morgan fingerprint density at radius 2 is 1.64 bits per heavy atom. The first-order valence-corrected chi connectivity index (χ1v) is 4.34. The molecule has 2 atom stereocenters.